The molecule has 0 aliphatic carbocycles. The molecule has 1 atom stereocenters. The number of thiazole rings is 1. The first kappa shape index (κ1) is 11.3. The van der Waals surface area contributed by atoms with Crippen molar-refractivity contribution in [2.45, 2.75) is 33.0 Å². The highest BCUT2D eigenvalue weighted by Gasteiger charge is 2.06. The smallest absolute Gasteiger partial charge is 0.0795 e. The van der Waals surface area contributed by atoms with Gasteiger partial charge < -0.3 is 5.32 Å². The molecule has 2 heterocycles. The van der Waals surface area contributed by atoms with E-state index in [0.717, 1.165) is 18.8 Å². The van der Waals surface area contributed by atoms with Gasteiger partial charge in [0.2, 0.25) is 0 Å². The molecule has 86 valence electrons. The summed E-state index contributed by atoms with van der Waals surface area (Å²) >= 11 is 1.63. The van der Waals surface area contributed by atoms with Crippen LogP contribution in [0.1, 0.15) is 31.1 Å². The van der Waals surface area contributed by atoms with Gasteiger partial charge in [-0.1, -0.05) is 0 Å². The number of aromatic nitrogens is 3. The molecule has 0 fully saturated rings. The molecule has 16 heavy (non-hydrogen) atoms. The second-order valence-corrected chi connectivity index (χ2v) is 4.44. The Morgan fingerprint density at radius 3 is 3.06 bits per heavy atom. The van der Waals surface area contributed by atoms with Crippen LogP contribution in [-0.4, -0.2) is 14.8 Å². The molecule has 0 aromatic carbocycles. The van der Waals surface area contributed by atoms with Gasteiger partial charge in [0.1, 0.15) is 0 Å². The zero-order valence-electron chi connectivity index (χ0n) is 9.55. The zero-order chi connectivity index (χ0) is 11.4. The quantitative estimate of drug-likeness (QED) is 0.865. The summed E-state index contributed by atoms with van der Waals surface area (Å²) < 4.78 is 1.94. The highest BCUT2D eigenvalue weighted by Crippen LogP contribution is 2.12. The maximum absolute atomic E-state index is 4.29. The average Bonchev–Trinajstić information content (AvgIpc) is 2.96. The van der Waals surface area contributed by atoms with Crippen LogP contribution in [0, 0.1) is 0 Å². The Hall–Kier alpha value is -1.20. The van der Waals surface area contributed by atoms with Gasteiger partial charge >= 0.3 is 0 Å². The molecule has 0 saturated heterocycles. The van der Waals surface area contributed by atoms with E-state index in [1.54, 1.807) is 11.3 Å². The van der Waals surface area contributed by atoms with E-state index >= 15 is 0 Å². The van der Waals surface area contributed by atoms with Crippen LogP contribution in [0.25, 0.3) is 0 Å². The van der Waals surface area contributed by atoms with Crippen molar-refractivity contribution < 1.29 is 0 Å². The van der Waals surface area contributed by atoms with Crippen LogP contribution in [0.15, 0.2) is 23.3 Å². The Labute approximate surface area is 99.3 Å². The molecule has 0 aliphatic heterocycles. The molecule has 0 amide bonds. The third-order valence-electron chi connectivity index (χ3n) is 2.52. The molecule has 2 rings (SSSR count). The van der Waals surface area contributed by atoms with Crippen molar-refractivity contribution in [1.29, 1.82) is 0 Å². The Morgan fingerprint density at radius 2 is 2.44 bits per heavy atom. The van der Waals surface area contributed by atoms with E-state index in [1.807, 2.05) is 16.4 Å². The van der Waals surface area contributed by atoms with E-state index in [1.165, 1.54) is 5.56 Å². The van der Waals surface area contributed by atoms with Crippen LogP contribution in [0.2, 0.25) is 0 Å². The zero-order valence-corrected chi connectivity index (χ0v) is 10.4. The highest BCUT2D eigenvalue weighted by molar-refractivity contribution is 7.07. The first-order chi connectivity index (χ1) is 7.79. The van der Waals surface area contributed by atoms with Crippen molar-refractivity contribution in [1.82, 2.24) is 20.1 Å². The first-order valence-corrected chi connectivity index (χ1v) is 6.36. The van der Waals surface area contributed by atoms with Gasteiger partial charge in [0, 0.05) is 36.3 Å². The molecule has 0 aliphatic rings. The molecular formula is C11H16N4S. The fraction of sp³-hybridized carbons (Fsp3) is 0.455. The molecular weight excluding hydrogens is 220 g/mol. The summed E-state index contributed by atoms with van der Waals surface area (Å²) in [5.74, 6) is 0. The van der Waals surface area contributed by atoms with Gasteiger partial charge in [-0.05, 0) is 13.8 Å². The van der Waals surface area contributed by atoms with E-state index in [4.69, 9.17) is 0 Å². The molecule has 0 saturated carbocycles. The van der Waals surface area contributed by atoms with Crippen LogP contribution >= 0.6 is 11.3 Å². The number of hydrogen-bond donors (Lipinski definition) is 1. The lowest BCUT2D eigenvalue weighted by atomic mass is 10.2. The maximum Gasteiger partial charge on any atom is 0.0795 e. The summed E-state index contributed by atoms with van der Waals surface area (Å²) in [5.41, 5.74) is 4.18. The molecule has 1 unspecified atom stereocenters. The predicted octanol–water partition coefficient (Wildman–Crippen LogP) is 2.21. The van der Waals surface area contributed by atoms with E-state index in [2.05, 4.69) is 40.8 Å². The SMILES string of the molecule is CCn1cc(CNC(C)c2cscn2)cn1. The number of aryl methyl sites for hydroxylation is 1. The minimum atomic E-state index is 0.288. The van der Waals surface area contributed by atoms with Crippen molar-refractivity contribution in [3.05, 3.63) is 34.5 Å². The second kappa shape index (κ2) is 5.23. The van der Waals surface area contributed by atoms with E-state index in [-0.39, 0.29) is 6.04 Å². The summed E-state index contributed by atoms with van der Waals surface area (Å²) in [5, 5.41) is 9.74. The largest absolute Gasteiger partial charge is 0.305 e. The summed E-state index contributed by atoms with van der Waals surface area (Å²) in [4.78, 5) is 4.29. The van der Waals surface area contributed by atoms with Crippen LogP contribution in [0.5, 0.6) is 0 Å². The van der Waals surface area contributed by atoms with Gasteiger partial charge in [0.25, 0.3) is 0 Å². The molecule has 0 bridgehead atoms. The standard InChI is InChI=1S/C11H16N4S/c1-3-15-6-10(5-14-15)4-12-9(2)11-7-16-8-13-11/h5-9,12H,3-4H2,1-2H3. The van der Waals surface area contributed by atoms with Crippen molar-refractivity contribution in [3.63, 3.8) is 0 Å². The topological polar surface area (TPSA) is 42.7 Å². The second-order valence-electron chi connectivity index (χ2n) is 3.72. The van der Waals surface area contributed by atoms with Crippen molar-refractivity contribution in [3.8, 4) is 0 Å². The lowest BCUT2D eigenvalue weighted by molar-refractivity contribution is 0.563. The van der Waals surface area contributed by atoms with Crippen molar-refractivity contribution in [2.75, 3.05) is 0 Å². The van der Waals surface area contributed by atoms with Gasteiger partial charge in [0.15, 0.2) is 0 Å². The third-order valence-corrected chi connectivity index (χ3v) is 3.12. The minimum absolute atomic E-state index is 0.288. The van der Waals surface area contributed by atoms with Crippen molar-refractivity contribution in [2.24, 2.45) is 0 Å². The predicted molar refractivity (Wildman–Crippen MR) is 65.3 cm³/mol. The summed E-state index contributed by atoms with van der Waals surface area (Å²) in [6.07, 6.45) is 3.98. The molecule has 4 nitrogen and oxygen atoms in total. The van der Waals surface area contributed by atoms with Crippen LogP contribution < -0.4 is 5.32 Å². The number of nitrogens with one attached hydrogen (secondary N) is 1. The third kappa shape index (κ3) is 2.68. The van der Waals surface area contributed by atoms with Crippen LogP contribution in [0.4, 0.5) is 0 Å². The lowest BCUT2D eigenvalue weighted by Crippen LogP contribution is -2.18. The highest BCUT2D eigenvalue weighted by atomic mass is 32.1. The summed E-state index contributed by atoms with van der Waals surface area (Å²) in [6.45, 7) is 5.96. The molecule has 0 radical (unpaired) electrons. The number of rotatable bonds is 5. The van der Waals surface area contributed by atoms with Gasteiger partial charge in [-0.3, -0.25) is 4.68 Å². The minimum Gasteiger partial charge on any atom is -0.305 e. The molecule has 0 spiro atoms. The molecule has 5 heteroatoms. The van der Waals surface area contributed by atoms with Gasteiger partial charge in [-0.2, -0.15) is 5.10 Å². The van der Waals surface area contributed by atoms with Gasteiger partial charge in [-0.25, -0.2) is 4.98 Å². The Kier molecular flexibility index (Phi) is 3.69. The molecule has 2 aromatic rings. The summed E-state index contributed by atoms with van der Waals surface area (Å²) in [6, 6.07) is 0.288. The van der Waals surface area contributed by atoms with E-state index < -0.39 is 0 Å². The first-order valence-electron chi connectivity index (χ1n) is 5.42. The number of nitrogens with zero attached hydrogens (tertiary/aromatic N) is 3. The normalized spacial score (nSPS) is 12.9. The van der Waals surface area contributed by atoms with E-state index in [0.29, 0.717) is 0 Å². The van der Waals surface area contributed by atoms with Crippen LogP contribution in [-0.2, 0) is 13.1 Å². The number of hydrogen-bond acceptors (Lipinski definition) is 4. The molecule has 2 aromatic heterocycles. The monoisotopic (exact) mass is 236 g/mol. The molecule has 1 N–H and O–H groups in total. The lowest BCUT2D eigenvalue weighted by Gasteiger charge is -2.09. The Bertz CT molecular complexity index is 421. The fourth-order valence-electron chi connectivity index (χ4n) is 1.48. The van der Waals surface area contributed by atoms with Crippen LogP contribution in [0.3, 0.4) is 0 Å². The van der Waals surface area contributed by atoms with Gasteiger partial charge in [0.05, 0.1) is 17.4 Å². The average molecular weight is 236 g/mol. The van der Waals surface area contributed by atoms with E-state index in [9.17, 15) is 0 Å². The van der Waals surface area contributed by atoms with Gasteiger partial charge in [-0.15, -0.1) is 11.3 Å². The fourth-order valence-corrected chi connectivity index (χ4v) is 2.13. The Balaban J connectivity index is 1.87. The Morgan fingerprint density at radius 1 is 1.56 bits per heavy atom. The summed E-state index contributed by atoms with van der Waals surface area (Å²) in [7, 11) is 0. The van der Waals surface area contributed by atoms with Crippen molar-refractivity contribution >= 4 is 11.3 Å². The maximum atomic E-state index is 4.29.